The number of anilines is 1. The molecular weight excluding hydrogens is 1640 g/mol. The molecule has 1 saturated heterocycles. The highest BCUT2D eigenvalue weighted by molar-refractivity contribution is 7.98. The second-order valence-electron chi connectivity index (χ2n) is 33.0. The Balaban J connectivity index is 0.000000170. The number of likely N-dealkylation sites (tertiary alicyclic amines) is 1. The number of para-hydroxylation sites is 1. The Hall–Kier alpha value is -13.3. The number of unbranched alkanes of at least 4 members (excludes halogenated alkanes) is 1. The molecule has 1 aliphatic carbocycles. The molecule has 2 fully saturated rings. The molecule has 1 N–H and O–H groups in total. The summed E-state index contributed by atoms with van der Waals surface area (Å²) in [5.74, 6) is 13.8. The molecular formula is C107H119FN10O10S. The molecule has 1 amide bonds. The Bertz CT molecular complexity index is 5750. The Labute approximate surface area is 762 Å². The average Bonchev–Trinajstić information content (AvgIpc) is 1.70. The Morgan fingerprint density at radius 1 is 0.589 bits per heavy atom. The van der Waals surface area contributed by atoms with Gasteiger partial charge in [-0.3, -0.25) is 9.36 Å². The quantitative estimate of drug-likeness (QED) is 0.0207. The predicted octanol–water partition coefficient (Wildman–Crippen LogP) is 24.2. The van der Waals surface area contributed by atoms with Crippen LogP contribution in [0.5, 0.6) is 11.5 Å². The lowest BCUT2D eigenvalue weighted by Gasteiger charge is -2.33. The summed E-state index contributed by atoms with van der Waals surface area (Å²) in [6.07, 6.45) is 20.9. The number of hydrogen-bond acceptors (Lipinski definition) is 19. The van der Waals surface area contributed by atoms with E-state index in [1.807, 2.05) is 182 Å². The van der Waals surface area contributed by atoms with Gasteiger partial charge in [0.15, 0.2) is 5.16 Å². The largest absolute Gasteiger partial charge is 0.462 e. The van der Waals surface area contributed by atoms with Gasteiger partial charge in [-0.25, -0.2) is 23.9 Å². The lowest BCUT2D eigenvalue weighted by atomic mass is 9.80. The number of benzene rings is 9. The first-order chi connectivity index (χ1) is 62.0. The average molecular weight is 1760 g/mol. The van der Waals surface area contributed by atoms with E-state index in [4.69, 9.17) is 23.3 Å². The van der Waals surface area contributed by atoms with Crippen LogP contribution >= 0.6 is 11.8 Å². The van der Waals surface area contributed by atoms with Crippen LogP contribution in [0.4, 0.5) is 14.9 Å². The van der Waals surface area contributed by atoms with Gasteiger partial charge in [0, 0.05) is 115 Å². The number of piperidine rings is 1. The van der Waals surface area contributed by atoms with Crippen molar-refractivity contribution in [1.82, 2.24) is 44.7 Å². The maximum absolute atomic E-state index is 13.3. The molecule has 15 rings (SSSR count). The van der Waals surface area contributed by atoms with Crippen molar-refractivity contribution in [1.29, 1.82) is 0 Å². The highest BCUT2D eigenvalue weighted by atomic mass is 32.2. The van der Waals surface area contributed by atoms with Crippen LogP contribution in [-0.4, -0.2) is 93.6 Å². The van der Waals surface area contributed by atoms with Crippen molar-refractivity contribution in [3.8, 4) is 51.8 Å². The van der Waals surface area contributed by atoms with E-state index in [1.165, 1.54) is 85.5 Å². The second kappa shape index (κ2) is 50.9. The van der Waals surface area contributed by atoms with Gasteiger partial charge in [0.05, 0.1) is 12.2 Å². The van der Waals surface area contributed by atoms with Crippen LogP contribution in [0.3, 0.4) is 0 Å². The van der Waals surface area contributed by atoms with Crippen LogP contribution in [0.1, 0.15) is 217 Å². The molecule has 0 spiro atoms. The molecule has 0 bridgehead atoms. The summed E-state index contributed by atoms with van der Waals surface area (Å²) in [5.41, 5.74) is 12.4. The topological polar surface area (TPSA) is 250 Å². The molecule has 670 valence electrons. The number of halogens is 1. The summed E-state index contributed by atoms with van der Waals surface area (Å²) in [7, 11) is 0. The van der Waals surface area contributed by atoms with Gasteiger partial charge in [-0.1, -0.05) is 213 Å². The zero-order valence-electron chi connectivity index (χ0n) is 74.7. The first-order valence-electron chi connectivity index (χ1n) is 44.1. The molecule has 5 heterocycles. The number of rotatable bonds is 28. The first kappa shape index (κ1) is 97.9. The number of carbonyl (C=O) groups is 4. The Morgan fingerprint density at radius 2 is 1.17 bits per heavy atom. The normalized spacial score (nSPS) is 13.4. The van der Waals surface area contributed by atoms with E-state index in [-0.39, 0.29) is 36.5 Å². The minimum atomic E-state index is -0.442. The molecule has 13 aromatic rings. The zero-order valence-corrected chi connectivity index (χ0v) is 75.5. The van der Waals surface area contributed by atoms with E-state index in [2.05, 4.69) is 103 Å². The van der Waals surface area contributed by atoms with E-state index in [9.17, 15) is 28.4 Å². The highest BCUT2D eigenvalue weighted by Crippen LogP contribution is 2.38. The molecule has 129 heavy (non-hydrogen) atoms. The van der Waals surface area contributed by atoms with Gasteiger partial charge in [-0.05, 0) is 249 Å². The monoisotopic (exact) mass is 1750 g/mol. The number of hydrogen-bond donors (Lipinski definition) is 1. The van der Waals surface area contributed by atoms with E-state index in [0.29, 0.717) is 77.3 Å². The van der Waals surface area contributed by atoms with Gasteiger partial charge in [0.1, 0.15) is 40.3 Å². The van der Waals surface area contributed by atoms with Crippen LogP contribution in [0.25, 0.3) is 28.5 Å². The van der Waals surface area contributed by atoms with Gasteiger partial charge in [0.2, 0.25) is 23.4 Å². The van der Waals surface area contributed by atoms with E-state index < -0.39 is 11.6 Å². The molecule has 0 unspecified atom stereocenters. The minimum Gasteiger partial charge on any atom is -0.462 e. The van der Waals surface area contributed by atoms with Crippen LogP contribution in [-0.2, 0) is 57.0 Å². The van der Waals surface area contributed by atoms with Crippen molar-refractivity contribution < 1.29 is 46.8 Å². The third-order valence-corrected chi connectivity index (χ3v) is 22.6. The fraction of sp³-hybridized carbons (Fsp3) is 0.327. The third kappa shape index (κ3) is 33.2. The van der Waals surface area contributed by atoms with Crippen LogP contribution < -0.4 is 15.6 Å². The standard InChI is InChI=1S/C26H23FN4O3S.C23H23NO2.C20H27N3O3.C19H18O.C18H24N2O.CH4/c1-3-34-25(33)20-6-10-23(11-7-20)31-15-21(12-19-13-28-17(2)29-14-19)24(32)30-26(31)35-16-18-4-8-22(27)9-5-18;1-18(25)10-11-19-12-14-21(15-13-19)24-17-20-6-5-9-23(16-20)26-22-7-3-2-4-8-22;1-20(2,3)25-19(24)23-13-11-15(12-14-23)9-10-17-21-18(22-26-17)16-7-5-4-6-8-16;1-15-5-3-4-6-19(15)14-13-18-11-9-17(10-12-18)8-7-16(2)20;1-2-3-7-14-10-12-16(13-11-14)18-19-17(20-21-18)15-8-5-4-6-9-15;/h4-11,13-15H,3,12,16H2,1-2H3;2-9,12-16,24H,10-11,17H2,1H3;4-8,15H,9-14H2,1-3H3;3-6,9-12H,7-8H2,1-2H3;4-6,8-9,14,16H,2-3,7,10-13H2,1H3;1H4. The van der Waals surface area contributed by atoms with E-state index >= 15 is 0 Å². The number of thioether (sulfide) groups is 1. The number of esters is 1. The maximum Gasteiger partial charge on any atom is 0.410 e. The summed E-state index contributed by atoms with van der Waals surface area (Å²) in [6.45, 7) is 19.3. The number of amides is 1. The van der Waals surface area contributed by atoms with Gasteiger partial charge in [-0.2, -0.15) is 15.0 Å². The fourth-order valence-corrected chi connectivity index (χ4v) is 15.3. The van der Waals surface area contributed by atoms with E-state index in [1.54, 1.807) is 82.7 Å². The number of nitrogens with one attached hydrogen (secondary N) is 1. The number of nitrogens with zero attached hydrogens (tertiary/aromatic N) is 9. The molecule has 22 heteroatoms. The first-order valence-corrected chi connectivity index (χ1v) is 45.1. The summed E-state index contributed by atoms with van der Waals surface area (Å²) in [6, 6.07) is 75.3. The molecule has 1 aliphatic heterocycles. The predicted molar refractivity (Wildman–Crippen MR) is 509 cm³/mol. The van der Waals surface area contributed by atoms with Crippen molar-refractivity contribution in [3.05, 3.63) is 345 Å². The van der Waals surface area contributed by atoms with Crippen molar-refractivity contribution in [2.24, 2.45) is 11.8 Å². The molecule has 2 aliphatic rings. The van der Waals surface area contributed by atoms with E-state index in [0.717, 1.165) is 138 Å². The van der Waals surface area contributed by atoms with Gasteiger partial charge in [-0.15, -0.1) is 0 Å². The Kier molecular flexibility index (Phi) is 38.7. The summed E-state index contributed by atoms with van der Waals surface area (Å²) >= 11 is 1.36. The summed E-state index contributed by atoms with van der Waals surface area (Å²) < 4.78 is 42.4. The van der Waals surface area contributed by atoms with Crippen molar-refractivity contribution in [2.45, 2.75) is 201 Å². The zero-order chi connectivity index (χ0) is 90.4. The SMILES string of the molecule is C.CC(=O)CCc1ccc(C#Cc2ccccc2C)cc1.CC(=O)CCc1ccc(NCc2cccc(Oc3ccccc3)c2)cc1.CC(C)(C)OC(=O)N1CCC(CCc2nc(-c3ccccc3)no2)CC1.CCCCC1CCC(c2nc(-c3ccccc3)no2)CC1.CCOC(=O)c1ccc(-n2cc(Cc3cnc(C)nc3)c(=O)nc2SCc2ccc(F)cc2)cc1. The number of ether oxygens (including phenoxy) is 3. The number of aryl methyl sites for hydroxylation is 5. The van der Waals surface area contributed by atoms with Gasteiger partial charge >= 0.3 is 12.1 Å². The minimum absolute atomic E-state index is 0. The third-order valence-electron chi connectivity index (χ3n) is 21.6. The number of Topliss-reactive ketones (excluding diaryl/α,β-unsaturated/α-hetero) is 2. The smallest absolute Gasteiger partial charge is 0.410 e. The van der Waals surface area contributed by atoms with Crippen LogP contribution in [0, 0.1) is 43.3 Å². The number of ketones is 2. The number of aromatic nitrogens is 8. The number of carbonyl (C=O) groups excluding carboxylic acids is 4. The van der Waals surface area contributed by atoms with Crippen LogP contribution in [0.2, 0.25) is 0 Å². The molecule has 0 atom stereocenters. The second-order valence-corrected chi connectivity index (χ2v) is 34.0. The molecule has 0 radical (unpaired) electrons. The Morgan fingerprint density at radius 3 is 1.78 bits per heavy atom. The van der Waals surface area contributed by atoms with Crippen molar-refractivity contribution in [2.75, 3.05) is 25.0 Å². The molecule has 9 aromatic carbocycles. The van der Waals surface area contributed by atoms with Crippen LogP contribution in [0.15, 0.2) is 274 Å². The lowest BCUT2D eigenvalue weighted by molar-refractivity contribution is -0.117. The van der Waals surface area contributed by atoms with Crippen molar-refractivity contribution in [3.63, 3.8) is 0 Å². The summed E-state index contributed by atoms with van der Waals surface area (Å²) in [4.78, 5) is 82.7. The molecule has 20 nitrogen and oxygen atoms in total. The molecule has 1 saturated carbocycles. The van der Waals surface area contributed by atoms with Gasteiger partial charge < -0.3 is 43.1 Å². The summed E-state index contributed by atoms with van der Waals surface area (Å²) in [5, 5.41) is 12.1. The van der Waals surface area contributed by atoms with Crippen molar-refractivity contribution >= 4 is 41.1 Å². The maximum atomic E-state index is 13.3. The van der Waals surface area contributed by atoms with Gasteiger partial charge in [0.25, 0.3) is 5.56 Å². The fourth-order valence-electron chi connectivity index (χ4n) is 14.3. The lowest BCUT2D eigenvalue weighted by Crippen LogP contribution is -2.41. The molecule has 4 aromatic heterocycles. The highest BCUT2D eigenvalue weighted by Gasteiger charge is 2.29.